The van der Waals surface area contributed by atoms with Crippen molar-refractivity contribution in [3.05, 3.63) is 23.8 Å². The summed E-state index contributed by atoms with van der Waals surface area (Å²) in [5.74, 6) is 1.18. The normalized spacial score (nSPS) is 9.40. The third kappa shape index (κ3) is 3.15. The van der Waals surface area contributed by atoms with Crippen molar-refractivity contribution in [3.63, 3.8) is 0 Å². The zero-order valence-corrected chi connectivity index (χ0v) is 8.82. The third-order valence-corrected chi connectivity index (χ3v) is 1.84. The minimum absolute atomic E-state index is 0.432. The number of ether oxygens (including phenoxy) is 3. The van der Waals surface area contributed by atoms with E-state index in [4.69, 9.17) is 19.5 Å². The summed E-state index contributed by atoms with van der Waals surface area (Å²) in [7, 11) is 3.16. The van der Waals surface area contributed by atoms with Crippen LogP contribution in [0.2, 0.25) is 0 Å². The second-order valence-electron chi connectivity index (χ2n) is 2.82. The molecular formula is C11H13NO3. The van der Waals surface area contributed by atoms with Gasteiger partial charge in [0, 0.05) is 13.2 Å². The number of rotatable bonds is 5. The number of nitriles is 1. The summed E-state index contributed by atoms with van der Waals surface area (Å²) in [6.07, 6.45) is 0. The van der Waals surface area contributed by atoms with E-state index in [1.165, 1.54) is 0 Å². The lowest BCUT2D eigenvalue weighted by Crippen LogP contribution is -2.05. The van der Waals surface area contributed by atoms with E-state index in [-0.39, 0.29) is 0 Å². The van der Waals surface area contributed by atoms with Crippen LogP contribution in [0.1, 0.15) is 5.56 Å². The molecule has 0 aliphatic carbocycles. The van der Waals surface area contributed by atoms with Crippen molar-refractivity contribution in [2.45, 2.75) is 0 Å². The van der Waals surface area contributed by atoms with Gasteiger partial charge >= 0.3 is 0 Å². The predicted octanol–water partition coefficient (Wildman–Crippen LogP) is 1.59. The molecule has 0 amide bonds. The van der Waals surface area contributed by atoms with Gasteiger partial charge in [-0.15, -0.1) is 0 Å². The van der Waals surface area contributed by atoms with Gasteiger partial charge in [0.2, 0.25) is 0 Å². The smallest absolute Gasteiger partial charge is 0.162 e. The summed E-state index contributed by atoms with van der Waals surface area (Å²) >= 11 is 0. The van der Waals surface area contributed by atoms with E-state index < -0.39 is 0 Å². The fourth-order valence-corrected chi connectivity index (χ4v) is 1.09. The Morgan fingerprint density at radius 1 is 1.20 bits per heavy atom. The fraction of sp³-hybridized carbons (Fsp3) is 0.364. The summed E-state index contributed by atoms with van der Waals surface area (Å²) in [6, 6.07) is 7.08. The Morgan fingerprint density at radius 2 is 2.00 bits per heavy atom. The molecule has 0 aliphatic heterocycles. The molecule has 0 bridgehead atoms. The van der Waals surface area contributed by atoms with Crippen LogP contribution in [0.15, 0.2) is 18.2 Å². The van der Waals surface area contributed by atoms with Gasteiger partial charge in [0.15, 0.2) is 11.5 Å². The monoisotopic (exact) mass is 207 g/mol. The van der Waals surface area contributed by atoms with Gasteiger partial charge in [-0.25, -0.2) is 0 Å². The maximum atomic E-state index is 8.73. The number of hydrogen-bond acceptors (Lipinski definition) is 4. The molecule has 0 heterocycles. The van der Waals surface area contributed by atoms with E-state index in [0.717, 1.165) is 0 Å². The highest BCUT2D eigenvalue weighted by Gasteiger charge is 2.05. The van der Waals surface area contributed by atoms with Crippen molar-refractivity contribution in [2.75, 3.05) is 27.4 Å². The lowest BCUT2D eigenvalue weighted by atomic mass is 10.2. The number of hydrogen-bond donors (Lipinski definition) is 0. The van der Waals surface area contributed by atoms with Gasteiger partial charge in [-0.05, 0) is 12.1 Å². The Balaban J connectivity index is 2.78. The fourth-order valence-electron chi connectivity index (χ4n) is 1.09. The lowest BCUT2D eigenvalue weighted by Gasteiger charge is -2.10. The second-order valence-corrected chi connectivity index (χ2v) is 2.82. The lowest BCUT2D eigenvalue weighted by molar-refractivity contribution is 0.144. The highest BCUT2D eigenvalue weighted by Crippen LogP contribution is 2.27. The van der Waals surface area contributed by atoms with E-state index in [1.807, 2.05) is 6.07 Å². The minimum atomic E-state index is 0.432. The third-order valence-electron chi connectivity index (χ3n) is 1.84. The molecule has 1 aromatic carbocycles. The molecule has 0 saturated heterocycles. The van der Waals surface area contributed by atoms with Crippen LogP contribution in [0.5, 0.6) is 11.5 Å². The average molecular weight is 207 g/mol. The SMILES string of the molecule is COCCOc1cc(C#N)ccc1OC. The number of methoxy groups -OCH3 is 2. The molecule has 80 valence electrons. The average Bonchev–Trinajstić information content (AvgIpc) is 2.29. The van der Waals surface area contributed by atoms with E-state index in [2.05, 4.69) is 0 Å². The molecule has 4 heteroatoms. The summed E-state index contributed by atoms with van der Waals surface area (Å²) in [5, 5.41) is 8.73. The van der Waals surface area contributed by atoms with E-state index in [9.17, 15) is 0 Å². The van der Waals surface area contributed by atoms with Crippen LogP contribution in [0.4, 0.5) is 0 Å². The summed E-state index contributed by atoms with van der Waals surface area (Å²) < 4.78 is 15.4. The van der Waals surface area contributed by atoms with Gasteiger partial charge in [-0.2, -0.15) is 5.26 Å². The predicted molar refractivity (Wildman–Crippen MR) is 55.1 cm³/mol. The molecule has 4 nitrogen and oxygen atoms in total. The Bertz CT molecular complexity index is 357. The first kappa shape index (κ1) is 11.3. The number of nitrogens with zero attached hydrogens (tertiary/aromatic N) is 1. The molecule has 0 saturated carbocycles. The molecule has 0 radical (unpaired) electrons. The van der Waals surface area contributed by atoms with Gasteiger partial charge in [0.1, 0.15) is 6.61 Å². The highest BCUT2D eigenvalue weighted by atomic mass is 16.5. The van der Waals surface area contributed by atoms with Crippen LogP contribution < -0.4 is 9.47 Å². The first-order chi connectivity index (χ1) is 7.31. The van der Waals surface area contributed by atoms with E-state index >= 15 is 0 Å². The second kappa shape index (κ2) is 5.89. The molecular weight excluding hydrogens is 194 g/mol. The Morgan fingerprint density at radius 3 is 2.60 bits per heavy atom. The highest BCUT2D eigenvalue weighted by molar-refractivity contribution is 5.46. The van der Waals surface area contributed by atoms with Crippen LogP contribution in [-0.4, -0.2) is 27.4 Å². The molecule has 1 rings (SSSR count). The first-order valence-corrected chi connectivity index (χ1v) is 4.51. The van der Waals surface area contributed by atoms with Crippen molar-refractivity contribution in [1.82, 2.24) is 0 Å². The van der Waals surface area contributed by atoms with E-state index in [1.54, 1.807) is 32.4 Å². The van der Waals surface area contributed by atoms with Crippen molar-refractivity contribution >= 4 is 0 Å². The Hall–Kier alpha value is -1.73. The Labute approximate surface area is 89.0 Å². The van der Waals surface area contributed by atoms with Crippen LogP contribution in [-0.2, 0) is 4.74 Å². The van der Waals surface area contributed by atoms with Gasteiger partial charge < -0.3 is 14.2 Å². The van der Waals surface area contributed by atoms with Crippen LogP contribution >= 0.6 is 0 Å². The molecule has 0 fully saturated rings. The quantitative estimate of drug-likeness (QED) is 0.688. The molecule has 0 atom stereocenters. The van der Waals surface area contributed by atoms with Gasteiger partial charge in [0.05, 0.1) is 25.3 Å². The van der Waals surface area contributed by atoms with Crippen molar-refractivity contribution in [1.29, 1.82) is 5.26 Å². The molecule has 1 aromatic rings. The molecule has 15 heavy (non-hydrogen) atoms. The summed E-state index contributed by atoms with van der Waals surface area (Å²) in [6.45, 7) is 0.932. The van der Waals surface area contributed by atoms with Crippen LogP contribution in [0.3, 0.4) is 0 Å². The molecule has 0 aliphatic rings. The topological polar surface area (TPSA) is 51.5 Å². The molecule has 0 spiro atoms. The Kier molecular flexibility index (Phi) is 4.45. The first-order valence-electron chi connectivity index (χ1n) is 4.51. The van der Waals surface area contributed by atoms with Crippen molar-refractivity contribution in [2.24, 2.45) is 0 Å². The van der Waals surface area contributed by atoms with Gasteiger partial charge in [-0.3, -0.25) is 0 Å². The minimum Gasteiger partial charge on any atom is -0.493 e. The molecule has 0 N–H and O–H groups in total. The van der Waals surface area contributed by atoms with Crippen LogP contribution in [0, 0.1) is 11.3 Å². The zero-order chi connectivity index (χ0) is 11.1. The zero-order valence-electron chi connectivity index (χ0n) is 8.82. The standard InChI is InChI=1S/C11H13NO3/c1-13-5-6-15-11-7-9(8-12)3-4-10(11)14-2/h3-4,7H,5-6H2,1-2H3. The molecule has 0 unspecified atom stereocenters. The maximum Gasteiger partial charge on any atom is 0.162 e. The largest absolute Gasteiger partial charge is 0.493 e. The van der Waals surface area contributed by atoms with Gasteiger partial charge in [0.25, 0.3) is 0 Å². The maximum absolute atomic E-state index is 8.73. The van der Waals surface area contributed by atoms with Crippen molar-refractivity contribution < 1.29 is 14.2 Å². The molecule has 0 aromatic heterocycles. The van der Waals surface area contributed by atoms with E-state index in [0.29, 0.717) is 30.3 Å². The summed E-state index contributed by atoms with van der Waals surface area (Å²) in [4.78, 5) is 0. The summed E-state index contributed by atoms with van der Waals surface area (Å²) in [5.41, 5.74) is 0.545. The van der Waals surface area contributed by atoms with Crippen molar-refractivity contribution in [3.8, 4) is 17.6 Å². The number of benzene rings is 1. The van der Waals surface area contributed by atoms with Gasteiger partial charge in [-0.1, -0.05) is 0 Å². The van der Waals surface area contributed by atoms with Crippen LogP contribution in [0.25, 0.3) is 0 Å².